The van der Waals surface area contributed by atoms with Crippen LogP contribution in [0.2, 0.25) is 0 Å². The SMILES string of the molecule is Cc1ccccc1OSO. The molecule has 10 heavy (non-hydrogen) atoms. The Kier molecular flexibility index (Phi) is 2.59. The summed E-state index contributed by atoms with van der Waals surface area (Å²) in [6.07, 6.45) is 0. The number of aryl methyl sites for hydroxylation is 1. The molecule has 1 aromatic rings. The van der Waals surface area contributed by atoms with Crippen molar-refractivity contribution < 1.29 is 8.74 Å². The van der Waals surface area contributed by atoms with E-state index in [1.165, 1.54) is 0 Å². The van der Waals surface area contributed by atoms with E-state index in [9.17, 15) is 0 Å². The second-order valence-corrected chi connectivity index (χ2v) is 2.24. The Hall–Kier alpha value is -0.670. The van der Waals surface area contributed by atoms with E-state index >= 15 is 0 Å². The van der Waals surface area contributed by atoms with Crippen LogP contribution in [-0.4, -0.2) is 4.55 Å². The van der Waals surface area contributed by atoms with Gasteiger partial charge < -0.3 is 4.18 Å². The lowest BCUT2D eigenvalue weighted by Gasteiger charge is -2.00. The lowest BCUT2D eigenvalue weighted by Crippen LogP contribution is -1.82. The standard InChI is InChI=1S/C7H8O2S/c1-6-4-2-3-5-7(6)9-10-8/h2-5,8H,1H3. The third-order valence-corrected chi connectivity index (χ3v) is 1.47. The van der Waals surface area contributed by atoms with Gasteiger partial charge in [0.1, 0.15) is 5.75 Å². The molecule has 0 saturated heterocycles. The summed E-state index contributed by atoms with van der Waals surface area (Å²) in [6.45, 7) is 1.92. The number of benzene rings is 1. The monoisotopic (exact) mass is 156 g/mol. The number of para-hydroxylation sites is 1. The van der Waals surface area contributed by atoms with Gasteiger partial charge in [-0.1, -0.05) is 18.2 Å². The van der Waals surface area contributed by atoms with Crippen LogP contribution in [0, 0.1) is 6.92 Å². The van der Waals surface area contributed by atoms with Crippen LogP contribution in [0.1, 0.15) is 5.56 Å². The van der Waals surface area contributed by atoms with E-state index in [0.29, 0.717) is 18.1 Å². The minimum absolute atomic E-state index is 0.369. The topological polar surface area (TPSA) is 29.5 Å². The van der Waals surface area contributed by atoms with Crippen molar-refractivity contribution >= 4 is 12.3 Å². The molecule has 0 aromatic heterocycles. The van der Waals surface area contributed by atoms with Crippen LogP contribution in [0.4, 0.5) is 0 Å². The van der Waals surface area contributed by atoms with Gasteiger partial charge in [-0.2, -0.15) is 0 Å². The first-order valence-corrected chi connectivity index (χ1v) is 3.58. The van der Waals surface area contributed by atoms with Crippen molar-refractivity contribution in [3.05, 3.63) is 29.8 Å². The Morgan fingerprint density at radius 2 is 2.10 bits per heavy atom. The predicted octanol–water partition coefficient (Wildman–Crippen LogP) is 2.50. The van der Waals surface area contributed by atoms with Gasteiger partial charge in [0, 0.05) is 0 Å². The first-order valence-electron chi connectivity index (χ1n) is 2.88. The first kappa shape index (κ1) is 7.44. The Morgan fingerprint density at radius 1 is 1.40 bits per heavy atom. The second kappa shape index (κ2) is 3.49. The van der Waals surface area contributed by atoms with Crippen molar-refractivity contribution in [3.8, 4) is 5.75 Å². The average Bonchev–Trinajstić information content (AvgIpc) is 1.94. The van der Waals surface area contributed by atoms with Gasteiger partial charge in [-0.15, -0.1) is 0 Å². The van der Waals surface area contributed by atoms with E-state index in [2.05, 4.69) is 0 Å². The predicted molar refractivity (Wildman–Crippen MR) is 42.0 cm³/mol. The normalized spacial score (nSPS) is 9.40. The van der Waals surface area contributed by atoms with Crippen LogP contribution in [0.25, 0.3) is 0 Å². The zero-order chi connectivity index (χ0) is 7.40. The summed E-state index contributed by atoms with van der Waals surface area (Å²) in [5, 5.41) is 0. The summed E-state index contributed by atoms with van der Waals surface area (Å²) in [5.74, 6) is 0.704. The van der Waals surface area contributed by atoms with Crippen molar-refractivity contribution in [1.82, 2.24) is 0 Å². The van der Waals surface area contributed by atoms with E-state index in [-0.39, 0.29) is 0 Å². The highest BCUT2D eigenvalue weighted by Gasteiger charge is 1.95. The fraction of sp³-hybridized carbons (Fsp3) is 0.143. The summed E-state index contributed by atoms with van der Waals surface area (Å²) in [5.41, 5.74) is 1.02. The highest BCUT2D eigenvalue weighted by molar-refractivity contribution is 7.89. The summed E-state index contributed by atoms with van der Waals surface area (Å²) >= 11 is 0.369. The van der Waals surface area contributed by atoms with Crippen LogP contribution in [-0.2, 0) is 0 Å². The summed E-state index contributed by atoms with van der Waals surface area (Å²) in [6, 6.07) is 7.51. The highest BCUT2D eigenvalue weighted by Crippen LogP contribution is 2.18. The minimum Gasteiger partial charge on any atom is -0.400 e. The van der Waals surface area contributed by atoms with Gasteiger partial charge in [-0.25, -0.2) is 0 Å². The number of rotatable bonds is 2. The molecule has 2 nitrogen and oxygen atoms in total. The zero-order valence-corrected chi connectivity index (χ0v) is 6.39. The molecule has 54 valence electrons. The Morgan fingerprint density at radius 3 is 2.70 bits per heavy atom. The maximum absolute atomic E-state index is 8.34. The Bertz CT molecular complexity index is 213. The number of hydrogen-bond donors (Lipinski definition) is 1. The fourth-order valence-electron chi connectivity index (χ4n) is 0.690. The van der Waals surface area contributed by atoms with Crippen molar-refractivity contribution in [1.29, 1.82) is 0 Å². The molecule has 0 bridgehead atoms. The maximum Gasteiger partial charge on any atom is 0.222 e. The lowest BCUT2D eigenvalue weighted by molar-refractivity contribution is 0.538. The first-order chi connectivity index (χ1) is 4.84. The largest absolute Gasteiger partial charge is 0.400 e. The Labute approximate surface area is 64.2 Å². The van der Waals surface area contributed by atoms with Gasteiger partial charge >= 0.3 is 0 Å². The molecule has 0 aliphatic carbocycles. The highest BCUT2D eigenvalue weighted by atomic mass is 32.2. The van der Waals surface area contributed by atoms with Crippen LogP contribution in [0.3, 0.4) is 0 Å². The van der Waals surface area contributed by atoms with Gasteiger partial charge in [0.2, 0.25) is 12.3 Å². The van der Waals surface area contributed by atoms with Crippen LogP contribution < -0.4 is 4.18 Å². The number of hydrogen-bond acceptors (Lipinski definition) is 3. The van der Waals surface area contributed by atoms with Crippen molar-refractivity contribution in [3.63, 3.8) is 0 Å². The van der Waals surface area contributed by atoms with E-state index in [1.54, 1.807) is 6.07 Å². The molecule has 0 saturated carbocycles. The molecule has 0 amide bonds. The molecule has 1 rings (SSSR count). The van der Waals surface area contributed by atoms with E-state index in [4.69, 9.17) is 8.74 Å². The molecule has 0 fully saturated rings. The van der Waals surface area contributed by atoms with Gasteiger partial charge in [-0.05, 0) is 18.6 Å². The van der Waals surface area contributed by atoms with Gasteiger partial charge in [-0.3, -0.25) is 4.55 Å². The van der Waals surface area contributed by atoms with Gasteiger partial charge in [0.25, 0.3) is 0 Å². The second-order valence-electron chi connectivity index (χ2n) is 1.92. The van der Waals surface area contributed by atoms with E-state index < -0.39 is 0 Å². The molecule has 0 radical (unpaired) electrons. The molecular formula is C7H8O2S. The molecule has 0 heterocycles. The van der Waals surface area contributed by atoms with Crippen molar-refractivity contribution in [2.24, 2.45) is 0 Å². The van der Waals surface area contributed by atoms with Gasteiger partial charge in [0.15, 0.2) is 0 Å². The van der Waals surface area contributed by atoms with E-state index in [0.717, 1.165) is 5.56 Å². The lowest BCUT2D eigenvalue weighted by atomic mass is 10.2. The summed E-state index contributed by atoms with van der Waals surface area (Å²) in [7, 11) is 0. The molecule has 1 N–H and O–H groups in total. The molecule has 3 heteroatoms. The van der Waals surface area contributed by atoms with Crippen LogP contribution in [0.15, 0.2) is 24.3 Å². The molecule has 0 aliphatic rings. The molecule has 0 spiro atoms. The van der Waals surface area contributed by atoms with Crippen molar-refractivity contribution in [2.45, 2.75) is 6.92 Å². The molecule has 0 unspecified atom stereocenters. The summed E-state index contributed by atoms with van der Waals surface area (Å²) in [4.78, 5) is 0. The third kappa shape index (κ3) is 1.65. The smallest absolute Gasteiger partial charge is 0.222 e. The maximum atomic E-state index is 8.34. The zero-order valence-electron chi connectivity index (χ0n) is 5.57. The fourth-order valence-corrected chi connectivity index (χ4v) is 0.957. The Balaban J connectivity index is 2.81. The quantitative estimate of drug-likeness (QED) is 0.667. The van der Waals surface area contributed by atoms with Crippen LogP contribution >= 0.6 is 12.3 Å². The van der Waals surface area contributed by atoms with Crippen LogP contribution in [0.5, 0.6) is 5.75 Å². The third-order valence-electron chi connectivity index (χ3n) is 1.22. The molecule has 1 aromatic carbocycles. The molecule has 0 aliphatic heterocycles. The van der Waals surface area contributed by atoms with Crippen molar-refractivity contribution in [2.75, 3.05) is 0 Å². The minimum atomic E-state index is 0.369. The average molecular weight is 156 g/mol. The molecule has 0 atom stereocenters. The summed E-state index contributed by atoms with van der Waals surface area (Å²) < 4.78 is 13.1. The van der Waals surface area contributed by atoms with Gasteiger partial charge in [0.05, 0.1) is 0 Å². The molecular weight excluding hydrogens is 148 g/mol. The van der Waals surface area contributed by atoms with E-state index in [1.807, 2.05) is 25.1 Å².